The van der Waals surface area contributed by atoms with Gasteiger partial charge in [0.1, 0.15) is 0 Å². The zero-order valence-electron chi connectivity index (χ0n) is 21.3. The molecule has 0 N–H and O–H groups in total. The molecule has 0 saturated carbocycles. The molecule has 204 valence electrons. The molecule has 0 amide bonds. The summed E-state index contributed by atoms with van der Waals surface area (Å²) in [5.74, 6) is -2.62. The molecule has 2 nitrogen and oxygen atoms in total. The molecule has 41 heavy (non-hydrogen) atoms. The van der Waals surface area contributed by atoms with Gasteiger partial charge < -0.3 is 0 Å². The average Bonchev–Trinajstić information content (AvgIpc) is 2.99. The third-order valence-corrected chi connectivity index (χ3v) is 5.87. The summed E-state index contributed by atoms with van der Waals surface area (Å²) < 4.78 is 53.3. The van der Waals surface area contributed by atoms with Crippen molar-refractivity contribution in [3.05, 3.63) is 157 Å². The monoisotopic (exact) mass is 727 g/mol. The first-order valence-corrected chi connectivity index (χ1v) is 12.3. The van der Waals surface area contributed by atoms with Crippen LogP contribution in [0.25, 0.3) is 45.0 Å². The normalized spacial score (nSPS) is 10.2. The first-order chi connectivity index (χ1) is 19.5. The maximum absolute atomic E-state index is 13.8. The Balaban J connectivity index is 0.000000184. The van der Waals surface area contributed by atoms with Crippen molar-refractivity contribution in [2.75, 3.05) is 0 Å². The van der Waals surface area contributed by atoms with E-state index in [-0.39, 0.29) is 32.2 Å². The third kappa shape index (κ3) is 7.41. The fraction of sp³-hybridized carbons (Fsp3) is 0. The molecule has 0 fully saturated rings. The van der Waals surface area contributed by atoms with Crippen molar-refractivity contribution in [1.82, 2.24) is 9.97 Å². The number of hydrogen-bond donors (Lipinski definition) is 0. The average molecular weight is 728 g/mol. The van der Waals surface area contributed by atoms with E-state index in [0.717, 1.165) is 46.8 Å². The van der Waals surface area contributed by atoms with Gasteiger partial charge in [0.15, 0.2) is 0 Å². The van der Waals surface area contributed by atoms with Crippen LogP contribution in [-0.2, 0) is 21.1 Å². The van der Waals surface area contributed by atoms with Crippen molar-refractivity contribution < 1.29 is 38.6 Å². The quantitative estimate of drug-likeness (QED) is 0.134. The summed E-state index contributed by atoms with van der Waals surface area (Å²) in [6.07, 6.45) is 0. The van der Waals surface area contributed by atoms with Crippen LogP contribution in [0.4, 0.5) is 17.6 Å². The first-order valence-electron chi connectivity index (χ1n) is 12.3. The Morgan fingerprint density at radius 2 is 0.805 bits per heavy atom. The largest absolute Gasteiger partial charge is 2.00 e. The molecule has 2 heterocycles. The van der Waals surface area contributed by atoms with Crippen LogP contribution in [0.5, 0.6) is 0 Å². The van der Waals surface area contributed by atoms with Gasteiger partial charge in [0, 0.05) is 23.3 Å². The van der Waals surface area contributed by atoms with Crippen molar-refractivity contribution in [3.63, 3.8) is 0 Å². The van der Waals surface area contributed by atoms with Gasteiger partial charge in [0.2, 0.25) is 0 Å². The van der Waals surface area contributed by atoms with Gasteiger partial charge in [-0.25, -0.2) is 0 Å². The maximum atomic E-state index is 13.8. The van der Waals surface area contributed by atoms with Crippen molar-refractivity contribution >= 4 is 0 Å². The molecule has 0 spiro atoms. The van der Waals surface area contributed by atoms with E-state index in [1.165, 1.54) is 0 Å². The smallest absolute Gasteiger partial charge is 0.296 e. The predicted molar refractivity (Wildman–Crippen MR) is 148 cm³/mol. The topological polar surface area (TPSA) is 25.8 Å². The molecule has 7 heteroatoms. The van der Waals surface area contributed by atoms with E-state index in [0.29, 0.717) is 11.4 Å². The van der Waals surface area contributed by atoms with Crippen LogP contribution in [0, 0.1) is 35.4 Å². The second kappa shape index (κ2) is 13.8. The molecule has 2 aromatic heterocycles. The van der Waals surface area contributed by atoms with Crippen LogP contribution in [-0.4, -0.2) is 9.97 Å². The summed E-state index contributed by atoms with van der Waals surface area (Å²) in [5.41, 5.74) is 4.57. The first kappa shape index (κ1) is 29.6. The molecule has 0 unspecified atom stereocenters. The Morgan fingerprint density at radius 3 is 1.17 bits per heavy atom. The SMILES string of the molecule is Fc1c[c-]c(-c2cccc(-c3ccccc3)n2)c(F)c1.Fc1c[c-]c(-c2cccc(-c3ccccc3)n2)c(F)c1.[Pt+2]. The molecular weight excluding hydrogens is 707 g/mol. The summed E-state index contributed by atoms with van der Waals surface area (Å²) in [4.78, 5) is 8.82. The Labute approximate surface area is 249 Å². The number of pyridine rings is 2. The Hall–Kier alpha value is -4.41. The van der Waals surface area contributed by atoms with Crippen LogP contribution in [0.15, 0.2) is 121 Å². The minimum atomic E-state index is -0.664. The standard InChI is InChI=1S/2C17H10F2N.Pt/c2*18-13-9-10-14(15(19)11-13)17-8-4-7-16(20-17)12-5-2-1-3-6-12;/h2*1-9,11H;/q2*-1;+2. The molecule has 0 aliphatic heterocycles. The van der Waals surface area contributed by atoms with Gasteiger partial charge in [0.05, 0.1) is 11.4 Å². The van der Waals surface area contributed by atoms with Gasteiger partial charge in [-0.2, -0.15) is 0 Å². The zero-order valence-corrected chi connectivity index (χ0v) is 23.5. The van der Waals surface area contributed by atoms with E-state index >= 15 is 0 Å². The molecule has 0 aliphatic carbocycles. The molecular formula is C34H20F4N2Pt. The van der Waals surface area contributed by atoms with Crippen molar-refractivity contribution in [1.29, 1.82) is 0 Å². The number of aromatic nitrogens is 2. The molecule has 4 aromatic carbocycles. The van der Waals surface area contributed by atoms with Gasteiger partial charge in [-0.15, -0.1) is 24.3 Å². The number of nitrogens with zero attached hydrogens (tertiary/aromatic N) is 2. The Bertz CT molecular complexity index is 1620. The molecule has 6 rings (SSSR count). The second-order valence-electron chi connectivity index (χ2n) is 8.63. The van der Waals surface area contributed by atoms with Gasteiger partial charge in [0.25, 0.3) is 0 Å². The van der Waals surface area contributed by atoms with Gasteiger partial charge >= 0.3 is 21.1 Å². The van der Waals surface area contributed by atoms with Crippen molar-refractivity contribution in [3.8, 4) is 45.0 Å². The van der Waals surface area contributed by atoms with Gasteiger partial charge in [-0.05, 0) is 34.6 Å². The van der Waals surface area contributed by atoms with Crippen LogP contribution >= 0.6 is 0 Å². The van der Waals surface area contributed by atoms with Crippen LogP contribution in [0.2, 0.25) is 0 Å². The molecule has 0 radical (unpaired) electrons. The van der Waals surface area contributed by atoms with E-state index in [1.54, 1.807) is 24.3 Å². The van der Waals surface area contributed by atoms with Crippen molar-refractivity contribution in [2.24, 2.45) is 0 Å². The molecule has 0 bridgehead atoms. The van der Waals surface area contributed by atoms with Gasteiger partial charge in [-0.3, -0.25) is 27.5 Å². The summed E-state index contributed by atoms with van der Waals surface area (Å²) in [6.45, 7) is 0. The minimum Gasteiger partial charge on any atom is -0.296 e. The second-order valence-corrected chi connectivity index (χ2v) is 8.63. The molecule has 6 aromatic rings. The number of benzene rings is 4. The Kier molecular flexibility index (Phi) is 9.94. The molecule has 0 aliphatic rings. The summed E-state index contributed by atoms with van der Waals surface area (Å²) in [6, 6.07) is 38.9. The van der Waals surface area contributed by atoms with Gasteiger partial charge in [-0.1, -0.05) is 108 Å². The number of hydrogen-bond acceptors (Lipinski definition) is 2. The minimum absolute atomic E-state index is 0. The summed E-state index contributed by atoms with van der Waals surface area (Å²) in [5, 5.41) is 0. The fourth-order valence-electron chi connectivity index (χ4n) is 3.97. The van der Waals surface area contributed by atoms with E-state index in [2.05, 4.69) is 22.1 Å². The predicted octanol–water partition coefficient (Wildman–Crippen LogP) is 8.99. The Morgan fingerprint density at radius 1 is 0.439 bits per heavy atom. The number of rotatable bonds is 4. The van der Waals surface area contributed by atoms with Crippen LogP contribution in [0.1, 0.15) is 0 Å². The van der Waals surface area contributed by atoms with E-state index in [1.807, 2.05) is 72.8 Å². The van der Waals surface area contributed by atoms with E-state index < -0.39 is 23.3 Å². The van der Waals surface area contributed by atoms with E-state index in [4.69, 9.17) is 0 Å². The fourth-order valence-corrected chi connectivity index (χ4v) is 3.97. The van der Waals surface area contributed by atoms with Crippen LogP contribution in [0.3, 0.4) is 0 Å². The zero-order chi connectivity index (χ0) is 27.9. The molecule has 0 atom stereocenters. The van der Waals surface area contributed by atoms with Crippen LogP contribution < -0.4 is 0 Å². The third-order valence-electron chi connectivity index (χ3n) is 5.87. The summed E-state index contributed by atoms with van der Waals surface area (Å²) >= 11 is 0. The number of halogens is 4. The van der Waals surface area contributed by atoms with E-state index in [9.17, 15) is 17.6 Å². The maximum Gasteiger partial charge on any atom is 2.00 e. The summed E-state index contributed by atoms with van der Waals surface area (Å²) in [7, 11) is 0. The molecule has 0 saturated heterocycles. The van der Waals surface area contributed by atoms with Crippen molar-refractivity contribution in [2.45, 2.75) is 0 Å².